The first-order chi connectivity index (χ1) is 12.3. The summed E-state index contributed by atoms with van der Waals surface area (Å²) in [4.78, 5) is 12.6. The maximum atomic E-state index is 12.6. The Morgan fingerprint density at radius 3 is 2.35 bits per heavy atom. The molecule has 0 aliphatic heterocycles. The first-order valence-corrected chi connectivity index (χ1v) is 8.23. The van der Waals surface area contributed by atoms with Crippen molar-refractivity contribution in [3.63, 3.8) is 0 Å². The van der Waals surface area contributed by atoms with Crippen molar-refractivity contribution in [1.82, 2.24) is 0 Å². The molecule has 0 atom stereocenters. The fourth-order valence-corrected chi connectivity index (χ4v) is 2.78. The van der Waals surface area contributed by atoms with E-state index in [2.05, 4.69) is 0 Å². The number of benzene rings is 2. The van der Waals surface area contributed by atoms with Gasteiger partial charge in [-0.05, 0) is 27.2 Å². The van der Waals surface area contributed by atoms with E-state index < -0.39 is 16.9 Å². The summed E-state index contributed by atoms with van der Waals surface area (Å²) in [6.45, 7) is 5.76. The molecule has 26 heavy (non-hydrogen) atoms. The van der Waals surface area contributed by atoms with E-state index in [-0.39, 0.29) is 22.5 Å². The molecule has 0 spiro atoms. The molecule has 0 unspecified atom stereocenters. The Morgan fingerprint density at radius 1 is 1.08 bits per heavy atom. The molecule has 5 nitrogen and oxygen atoms in total. The zero-order valence-electron chi connectivity index (χ0n) is 14.8. The Balaban J connectivity index is 2.37. The molecule has 3 N–H and O–H groups in total. The van der Waals surface area contributed by atoms with Gasteiger partial charge in [0.2, 0.25) is 11.2 Å². The van der Waals surface area contributed by atoms with Gasteiger partial charge in [-0.2, -0.15) is 0 Å². The molecule has 1 heterocycles. The second-order valence-electron chi connectivity index (χ2n) is 6.56. The molecule has 0 radical (unpaired) electrons. The van der Waals surface area contributed by atoms with Crippen LogP contribution in [0.4, 0.5) is 0 Å². The van der Waals surface area contributed by atoms with Gasteiger partial charge in [-0.15, -0.1) is 0 Å². The molecule has 0 fully saturated rings. The van der Waals surface area contributed by atoms with Gasteiger partial charge in [0.05, 0.1) is 0 Å². The van der Waals surface area contributed by atoms with Crippen LogP contribution in [-0.2, 0) is 6.42 Å². The van der Waals surface area contributed by atoms with Crippen LogP contribution in [0.15, 0.2) is 51.2 Å². The van der Waals surface area contributed by atoms with E-state index in [4.69, 9.17) is 4.42 Å². The highest BCUT2D eigenvalue weighted by molar-refractivity contribution is 5.91. The van der Waals surface area contributed by atoms with Gasteiger partial charge in [0.1, 0.15) is 22.5 Å². The summed E-state index contributed by atoms with van der Waals surface area (Å²) in [5.74, 6) is -1.17. The van der Waals surface area contributed by atoms with E-state index >= 15 is 0 Å². The van der Waals surface area contributed by atoms with Gasteiger partial charge in [0.25, 0.3) is 0 Å². The minimum absolute atomic E-state index is 0.00551. The Bertz CT molecular complexity index is 1070. The highest BCUT2D eigenvalue weighted by Crippen LogP contribution is 2.38. The third-order valence-electron chi connectivity index (χ3n) is 4.23. The van der Waals surface area contributed by atoms with E-state index in [9.17, 15) is 20.1 Å². The Labute approximate surface area is 150 Å². The van der Waals surface area contributed by atoms with E-state index in [1.807, 2.05) is 39.0 Å². The third kappa shape index (κ3) is 3.04. The molecule has 5 heteroatoms. The molecule has 0 saturated heterocycles. The van der Waals surface area contributed by atoms with Crippen LogP contribution < -0.4 is 5.43 Å². The van der Waals surface area contributed by atoms with E-state index in [0.717, 1.165) is 17.2 Å². The minimum atomic E-state index is -0.738. The van der Waals surface area contributed by atoms with E-state index in [1.165, 1.54) is 0 Å². The number of hydrogen-bond acceptors (Lipinski definition) is 5. The van der Waals surface area contributed by atoms with Crippen molar-refractivity contribution in [1.29, 1.82) is 0 Å². The smallest absolute Gasteiger partial charge is 0.238 e. The molecule has 0 bridgehead atoms. The molecule has 3 aromatic rings. The number of phenols is 2. The van der Waals surface area contributed by atoms with Crippen LogP contribution in [0.1, 0.15) is 25.0 Å². The number of allylic oxidation sites excluding steroid dienone is 2. The van der Waals surface area contributed by atoms with Gasteiger partial charge in [0.15, 0.2) is 5.76 Å². The molecule has 0 aliphatic rings. The summed E-state index contributed by atoms with van der Waals surface area (Å²) in [5, 5.41) is 30.5. The fourth-order valence-electron chi connectivity index (χ4n) is 2.78. The summed E-state index contributed by atoms with van der Waals surface area (Å²) < 4.78 is 5.83. The molecule has 1 aromatic heterocycles. The summed E-state index contributed by atoms with van der Waals surface area (Å²) in [6, 6.07) is 8.24. The standard InChI is InChI=1S/C21H20O5/c1-11(2)4-9-14-15(22)10-16(23)17-18(24)19(25)20(26-21(14)17)13-7-5-12(3)6-8-13/h4-8,10,22-23,25H,9H2,1-3H3. The highest BCUT2D eigenvalue weighted by atomic mass is 16.4. The monoisotopic (exact) mass is 352 g/mol. The maximum Gasteiger partial charge on any atom is 0.238 e. The Hall–Kier alpha value is -3.21. The molecule has 0 aliphatic carbocycles. The fraction of sp³-hybridized carbons (Fsp3) is 0.190. The third-order valence-corrected chi connectivity index (χ3v) is 4.23. The average Bonchev–Trinajstić information content (AvgIpc) is 2.57. The van der Waals surface area contributed by atoms with E-state index in [0.29, 0.717) is 17.5 Å². The topological polar surface area (TPSA) is 90.9 Å². The number of rotatable bonds is 3. The quantitative estimate of drug-likeness (QED) is 0.608. The molecule has 0 amide bonds. The number of hydrogen-bond donors (Lipinski definition) is 3. The first kappa shape index (κ1) is 17.6. The SMILES string of the molecule is CC(C)=CCc1c(O)cc(O)c2c(=O)c(O)c(-c3ccc(C)cc3)oc12. The number of aryl methyl sites for hydroxylation is 1. The van der Waals surface area contributed by atoms with Crippen molar-refractivity contribution < 1.29 is 19.7 Å². The van der Waals surface area contributed by atoms with Crippen LogP contribution >= 0.6 is 0 Å². The van der Waals surface area contributed by atoms with Crippen molar-refractivity contribution >= 4 is 11.0 Å². The maximum absolute atomic E-state index is 12.6. The molecular weight excluding hydrogens is 332 g/mol. The lowest BCUT2D eigenvalue weighted by Gasteiger charge is -2.12. The lowest BCUT2D eigenvalue weighted by molar-refractivity contribution is 0.435. The van der Waals surface area contributed by atoms with Crippen LogP contribution in [0.2, 0.25) is 0 Å². The van der Waals surface area contributed by atoms with Gasteiger partial charge < -0.3 is 19.7 Å². The van der Waals surface area contributed by atoms with Gasteiger partial charge in [-0.1, -0.05) is 41.5 Å². The molecule has 134 valence electrons. The average molecular weight is 352 g/mol. The zero-order valence-corrected chi connectivity index (χ0v) is 14.8. The van der Waals surface area contributed by atoms with Crippen LogP contribution in [0, 0.1) is 6.92 Å². The van der Waals surface area contributed by atoms with Gasteiger partial charge in [-0.25, -0.2) is 0 Å². The van der Waals surface area contributed by atoms with Crippen molar-refractivity contribution in [3.05, 3.63) is 63.3 Å². The normalized spacial score (nSPS) is 10.9. The van der Waals surface area contributed by atoms with Crippen LogP contribution in [0.25, 0.3) is 22.3 Å². The largest absolute Gasteiger partial charge is 0.507 e. The number of fused-ring (bicyclic) bond motifs is 1. The van der Waals surface area contributed by atoms with Crippen LogP contribution in [0.5, 0.6) is 17.2 Å². The predicted octanol–water partition coefficient (Wildman–Crippen LogP) is 4.39. The number of phenolic OH excluding ortho intramolecular Hbond substituents is 2. The summed E-state index contributed by atoms with van der Waals surface area (Å²) >= 11 is 0. The molecule has 3 rings (SSSR count). The van der Waals surface area contributed by atoms with Crippen molar-refractivity contribution in [3.8, 4) is 28.6 Å². The molecule has 0 saturated carbocycles. The van der Waals surface area contributed by atoms with Crippen molar-refractivity contribution in [2.45, 2.75) is 27.2 Å². The molecule has 2 aromatic carbocycles. The zero-order chi connectivity index (χ0) is 19.0. The van der Waals surface area contributed by atoms with Crippen molar-refractivity contribution in [2.75, 3.05) is 0 Å². The Kier molecular flexibility index (Phi) is 4.47. The van der Waals surface area contributed by atoms with Gasteiger partial charge in [-0.3, -0.25) is 4.79 Å². The highest BCUT2D eigenvalue weighted by Gasteiger charge is 2.22. The predicted molar refractivity (Wildman–Crippen MR) is 101 cm³/mol. The van der Waals surface area contributed by atoms with Crippen LogP contribution in [0.3, 0.4) is 0 Å². The first-order valence-electron chi connectivity index (χ1n) is 8.23. The second-order valence-corrected chi connectivity index (χ2v) is 6.56. The van der Waals surface area contributed by atoms with E-state index in [1.54, 1.807) is 12.1 Å². The van der Waals surface area contributed by atoms with Gasteiger partial charge >= 0.3 is 0 Å². The Morgan fingerprint density at radius 2 is 1.73 bits per heavy atom. The minimum Gasteiger partial charge on any atom is -0.507 e. The summed E-state index contributed by atoms with van der Waals surface area (Å²) in [7, 11) is 0. The summed E-state index contributed by atoms with van der Waals surface area (Å²) in [6.07, 6.45) is 2.20. The van der Waals surface area contributed by atoms with Gasteiger partial charge in [0, 0.05) is 17.2 Å². The van der Waals surface area contributed by atoms with Crippen molar-refractivity contribution in [2.24, 2.45) is 0 Å². The molecular formula is C21H20O5. The van der Waals surface area contributed by atoms with Crippen LogP contribution in [-0.4, -0.2) is 15.3 Å². The lowest BCUT2D eigenvalue weighted by atomic mass is 10.0. The lowest BCUT2D eigenvalue weighted by Crippen LogP contribution is -2.05. The number of aromatic hydroxyl groups is 3. The summed E-state index contributed by atoms with van der Waals surface area (Å²) in [5.41, 5.74) is 2.30. The second kappa shape index (κ2) is 6.59.